The van der Waals surface area contributed by atoms with Crippen LogP contribution in [-0.2, 0) is 17.8 Å². The van der Waals surface area contributed by atoms with Crippen LogP contribution < -0.4 is 4.46 Å². The molecule has 0 aliphatic carbocycles. The molecule has 0 bridgehead atoms. The molecule has 0 aliphatic heterocycles. The van der Waals surface area contributed by atoms with Crippen molar-refractivity contribution in [3.05, 3.63) is 102 Å². The molecule has 3 aromatic carbocycles. The van der Waals surface area contributed by atoms with E-state index in [2.05, 4.69) is 24.3 Å². The minimum atomic E-state index is -1.06. The number of nitrogens with zero attached hydrogens (tertiary/aromatic N) is 2. The summed E-state index contributed by atoms with van der Waals surface area (Å²) in [4.78, 5) is 0. The van der Waals surface area contributed by atoms with Crippen LogP contribution >= 0.6 is 0 Å². The van der Waals surface area contributed by atoms with Gasteiger partial charge >= 0.3 is 185 Å². The van der Waals surface area contributed by atoms with Gasteiger partial charge in [-0.3, -0.25) is 0 Å². The first-order chi connectivity index (χ1) is 14.7. The van der Waals surface area contributed by atoms with Crippen molar-refractivity contribution in [1.82, 2.24) is 0 Å². The second kappa shape index (κ2) is 11.3. The molecule has 150 valence electrons. The molecule has 30 heavy (non-hydrogen) atoms. The van der Waals surface area contributed by atoms with Crippen molar-refractivity contribution in [2.24, 2.45) is 5.41 Å². The van der Waals surface area contributed by atoms with Gasteiger partial charge in [0.1, 0.15) is 0 Å². The fourth-order valence-corrected chi connectivity index (χ4v) is 5.52. The number of benzene rings is 3. The zero-order valence-corrected chi connectivity index (χ0v) is 18.5. The second-order valence-electron chi connectivity index (χ2n) is 7.15. The Balaban J connectivity index is 1.73. The minimum absolute atomic E-state index is 0.00172. The summed E-state index contributed by atoms with van der Waals surface area (Å²) in [7, 11) is 0. The maximum absolute atomic E-state index is 9.93. The topological polar surface area (TPSA) is 56.8 Å². The number of rotatable bonds is 10. The quantitative estimate of drug-likeness (QED) is 0.416. The van der Waals surface area contributed by atoms with E-state index in [0.29, 0.717) is 25.9 Å². The van der Waals surface area contributed by atoms with Crippen molar-refractivity contribution in [2.45, 2.75) is 30.9 Å². The third-order valence-electron chi connectivity index (χ3n) is 4.92. The van der Waals surface area contributed by atoms with Crippen molar-refractivity contribution in [3.63, 3.8) is 0 Å². The van der Waals surface area contributed by atoms with E-state index in [1.807, 2.05) is 78.9 Å². The third kappa shape index (κ3) is 6.58. The molecule has 0 aliphatic rings. The second-order valence-corrected chi connectivity index (χ2v) is 9.74. The molecule has 4 heteroatoms. The number of ether oxygens (including phenoxy) is 1. The molecule has 1 unspecified atom stereocenters. The Morgan fingerprint density at radius 1 is 0.767 bits per heavy atom. The zero-order chi connectivity index (χ0) is 21.1. The summed E-state index contributed by atoms with van der Waals surface area (Å²) in [6, 6.07) is 34.9. The first-order valence-corrected chi connectivity index (χ1v) is 11.8. The van der Waals surface area contributed by atoms with Crippen molar-refractivity contribution in [3.8, 4) is 12.1 Å². The Kier molecular flexibility index (Phi) is 8.25. The van der Waals surface area contributed by atoms with Gasteiger partial charge in [-0.05, 0) is 0 Å². The zero-order valence-electron chi connectivity index (χ0n) is 16.8. The Morgan fingerprint density at radius 3 is 1.87 bits per heavy atom. The summed E-state index contributed by atoms with van der Waals surface area (Å²) >= 11 is 0.00172. The fraction of sp³-hybridized carbons (Fsp3) is 0.231. The summed E-state index contributed by atoms with van der Waals surface area (Å²) in [5.41, 5.74) is 1.17. The van der Waals surface area contributed by atoms with Crippen molar-refractivity contribution >= 4 is 19.4 Å². The monoisotopic (exact) mass is 460 g/mol. The molecule has 0 saturated heterocycles. The van der Waals surface area contributed by atoms with Crippen LogP contribution in [0.5, 0.6) is 0 Å². The molecule has 0 spiro atoms. The van der Waals surface area contributed by atoms with Gasteiger partial charge in [0.25, 0.3) is 0 Å². The number of nitriles is 2. The molecule has 0 aromatic heterocycles. The van der Waals surface area contributed by atoms with Crippen LogP contribution in [0.2, 0.25) is 0 Å². The molecule has 1 atom stereocenters. The summed E-state index contributed by atoms with van der Waals surface area (Å²) in [6.07, 6.45) is 1.61. The molecule has 0 heterocycles. The van der Waals surface area contributed by atoms with Crippen LogP contribution in [0.4, 0.5) is 0 Å². The molecule has 0 fully saturated rings. The molecule has 3 nitrogen and oxygen atoms in total. The molecule has 3 aromatic rings. The Hall–Kier alpha value is -2.88. The van der Waals surface area contributed by atoms with Crippen LogP contribution in [-0.4, -0.2) is 20.0 Å². The van der Waals surface area contributed by atoms with Crippen LogP contribution in [0.15, 0.2) is 91.0 Å². The number of hydrogen-bond donors (Lipinski definition) is 0. The van der Waals surface area contributed by atoms with E-state index in [-0.39, 0.29) is 20.0 Å². The first kappa shape index (κ1) is 21.8. The van der Waals surface area contributed by atoms with E-state index in [1.165, 1.54) is 4.46 Å². The van der Waals surface area contributed by atoms with Crippen molar-refractivity contribution < 1.29 is 4.74 Å². The Labute approximate surface area is 185 Å². The van der Waals surface area contributed by atoms with Gasteiger partial charge in [0.05, 0.1) is 0 Å². The summed E-state index contributed by atoms with van der Waals surface area (Å²) in [5.74, 6) is 0. The Bertz CT molecular complexity index is 964. The first-order valence-electron chi connectivity index (χ1n) is 9.97. The van der Waals surface area contributed by atoms with Crippen molar-refractivity contribution in [2.75, 3.05) is 0 Å². The van der Waals surface area contributed by atoms with Gasteiger partial charge < -0.3 is 0 Å². The van der Waals surface area contributed by atoms with E-state index in [4.69, 9.17) is 4.74 Å². The number of aryl methyl sites for hydroxylation is 1. The van der Waals surface area contributed by atoms with Gasteiger partial charge in [0, 0.05) is 0 Å². The van der Waals surface area contributed by atoms with E-state index in [9.17, 15) is 10.5 Å². The molecule has 3 rings (SSSR count). The van der Waals surface area contributed by atoms with Gasteiger partial charge in [0.15, 0.2) is 0 Å². The van der Waals surface area contributed by atoms with Crippen LogP contribution in [0.1, 0.15) is 24.0 Å². The molecule has 0 saturated carbocycles. The van der Waals surface area contributed by atoms with E-state index >= 15 is 0 Å². The predicted octanol–water partition coefficient (Wildman–Crippen LogP) is 4.62. The molecule has 0 N–H and O–H groups in total. The Morgan fingerprint density at radius 2 is 1.30 bits per heavy atom. The van der Waals surface area contributed by atoms with E-state index in [0.717, 1.165) is 11.1 Å². The molecule has 0 radical (unpaired) electrons. The SMILES string of the molecule is N#CC(C#N)(CCc1ccccc1)CC(OCc1ccccc1)[Se]c1ccccc1. The van der Waals surface area contributed by atoms with Crippen LogP contribution in [0.3, 0.4) is 0 Å². The summed E-state index contributed by atoms with van der Waals surface area (Å²) in [6.45, 7) is 0.478. The normalized spacial score (nSPS) is 11.9. The molecular formula is C26H24N2OSe. The van der Waals surface area contributed by atoms with E-state index in [1.54, 1.807) is 0 Å². The molecular weight excluding hydrogens is 435 g/mol. The number of hydrogen-bond acceptors (Lipinski definition) is 3. The van der Waals surface area contributed by atoms with Crippen molar-refractivity contribution in [1.29, 1.82) is 10.5 Å². The average Bonchev–Trinajstić information content (AvgIpc) is 2.82. The fourth-order valence-electron chi connectivity index (χ4n) is 3.17. The van der Waals surface area contributed by atoms with Gasteiger partial charge in [0.2, 0.25) is 0 Å². The predicted molar refractivity (Wildman–Crippen MR) is 120 cm³/mol. The molecule has 0 amide bonds. The van der Waals surface area contributed by atoms with Gasteiger partial charge in [-0.1, -0.05) is 0 Å². The maximum atomic E-state index is 9.93. The van der Waals surface area contributed by atoms with E-state index < -0.39 is 5.41 Å². The van der Waals surface area contributed by atoms with Gasteiger partial charge in [-0.15, -0.1) is 0 Å². The standard InChI is InChI=1S/C26H24N2OSe/c27-20-26(21-28,17-16-22-10-4-1-5-11-22)18-25(30-24-14-8-3-9-15-24)29-19-23-12-6-2-7-13-23/h1-15,25H,16-19H2. The third-order valence-corrected chi connectivity index (χ3v) is 7.24. The average molecular weight is 459 g/mol. The summed E-state index contributed by atoms with van der Waals surface area (Å²) < 4.78 is 7.47. The summed E-state index contributed by atoms with van der Waals surface area (Å²) in [5, 5.41) is 19.7. The van der Waals surface area contributed by atoms with Crippen LogP contribution in [0, 0.1) is 28.1 Å². The van der Waals surface area contributed by atoms with Crippen LogP contribution in [0.25, 0.3) is 0 Å². The van der Waals surface area contributed by atoms with Gasteiger partial charge in [-0.2, -0.15) is 0 Å². The van der Waals surface area contributed by atoms with Gasteiger partial charge in [-0.25, -0.2) is 0 Å².